The van der Waals surface area contributed by atoms with Crippen molar-refractivity contribution in [1.82, 2.24) is 19.5 Å². The lowest BCUT2D eigenvalue weighted by atomic mass is 9.79. The van der Waals surface area contributed by atoms with E-state index in [0.29, 0.717) is 22.7 Å². The van der Waals surface area contributed by atoms with E-state index < -0.39 is 37.5 Å². The molecule has 0 aliphatic carbocycles. The van der Waals surface area contributed by atoms with Crippen LogP contribution in [0, 0.1) is 0 Å². The monoisotopic (exact) mass is 749 g/mol. The van der Waals surface area contributed by atoms with Crippen LogP contribution in [-0.4, -0.2) is 82.9 Å². The van der Waals surface area contributed by atoms with Gasteiger partial charge in [-0.1, -0.05) is 72.8 Å². The van der Waals surface area contributed by atoms with Gasteiger partial charge in [-0.2, -0.15) is 0 Å². The summed E-state index contributed by atoms with van der Waals surface area (Å²) in [5, 5.41) is 15.0. The van der Waals surface area contributed by atoms with E-state index in [9.17, 15) is 14.5 Å². The maximum atomic E-state index is 13.1. The number of nitrogens with zero attached hydrogens (tertiary/aromatic N) is 4. The van der Waals surface area contributed by atoms with Crippen LogP contribution in [0.25, 0.3) is 11.2 Å². The van der Waals surface area contributed by atoms with Gasteiger partial charge in [0.2, 0.25) is 0 Å². The molecule has 1 unspecified atom stereocenters. The van der Waals surface area contributed by atoms with Gasteiger partial charge in [0.25, 0.3) is 5.91 Å². The van der Waals surface area contributed by atoms with Gasteiger partial charge in [0.1, 0.15) is 49.1 Å². The number of aromatic nitrogens is 4. The number of carbonyl (C=O) groups excluding carboxylic acids is 1. The minimum Gasteiger partial charge on any atom is -0.497 e. The van der Waals surface area contributed by atoms with Crippen LogP contribution in [0.4, 0.5) is 5.82 Å². The highest BCUT2D eigenvalue weighted by Crippen LogP contribution is 2.47. The molecule has 0 saturated carbocycles. The van der Waals surface area contributed by atoms with Gasteiger partial charge in [-0.05, 0) is 66.4 Å². The van der Waals surface area contributed by atoms with E-state index >= 15 is 0 Å². The first kappa shape index (κ1) is 36.9. The van der Waals surface area contributed by atoms with Crippen molar-refractivity contribution in [2.24, 2.45) is 0 Å². The van der Waals surface area contributed by atoms with Gasteiger partial charge in [-0.3, -0.25) is 9.36 Å². The number of nitrogens with one attached hydrogen (secondary N) is 1. The highest BCUT2D eigenvalue weighted by molar-refractivity contribution is 7.62. The van der Waals surface area contributed by atoms with Crippen molar-refractivity contribution < 1.29 is 38.2 Å². The SMILES string of the molecule is COc1ccc(C(O[C@H]2C(O)[C@@H](OCP(C)(C)=O)O[C@H]2n2cnc3c(NC(=O)c4ccccc4)ncnc32)(c2ccccc2)c2ccc(OC)cc2)cc1. The second kappa shape index (κ2) is 15.5. The van der Waals surface area contributed by atoms with Crippen LogP contribution >= 0.6 is 7.14 Å². The number of amides is 1. The fraction of sp³-hybridized carbons (Fsp3) is 0.250. The third-order valence-electron chi connectivity index (χ3n) is 9.11. The Hall–Kier alpha value is -5.43. The van der Waals surface area contributed by atoms with Crippen molar-refractivity contribution in [3.05, 3.63) is 144 Å². The van der Waals surface area contributed by atoms with Crippen LogP contribution < -0.4 is 14.8 Å². The summed E-state index contributed by atoms with van der Waals surface area (Å²) in [7, 11) is 0.506. The van der Waals surface area contributed by atoms with E-state index in [2.05, 4.69) is 20.3 Å². The van der Waals surface area contributed by atoms with Crippen LogP contribution in [0.5, 0.6) is 11.5 Å². The summed E-state index contributed by atoms with van der Waals surface area (Å²) in [6.07, 6.45) is -2.22. The van der Waals surface area contributed by atoms with E-state index in [0.717, 1.165) is 16.7 Å². The maximum Gasteiger partial charge on any atom is 0.256 e. The molecule has 0 bridgehead atoms. The van der Waals surface area contributed by atoms with E-state index in [-0.39, 0.29) is 23.6 Å². The first-order chi connectivity index (χ1) is 26.1. The van der Waals surface area contributed by atoms with Crippen LogP contribution in [0.15, 0.2) is 122 Å². The normalized spacial score (nSPS) is 18.8. The molecular weight excluding hydrogens is 709 g/mol. The third kappa shape index (κ3) is 7.37. The lowest BCUT2D eigenvalue weighted by Gasteiger charge is -2.40. The molecule has 0 spiro atoms. The Morgan fingerprint density at radius 1 is 0.833 bits per heavy atom. The number of carbonyl (C=O) groups is 1. The summed E-state index contributed by atoms with van der Waals surface area (Å²) in [4.78, 5) is 26.5. The van der Waals surface area contributed by atoms with E-state index in [1.807, 2.05) is 84.9 Å². The van der Waals surface area contributed by atoms with Gasteiger partial charge in [0, 0.05) is 5.56 Å². The maximum absolute atomic E-state index is 13.1. The number of hydrogen-bond acceptors (Lipinski definition) is 11. The highest BCUT2D eigenvalue weighted by atomic mass is 31.2. The first-order valence-corrected chi connectivity index (χ1v) is 20.0. The van der Waals surface area contributed by atoms with Gasteiger partial charge < -0.3 is 38.7 Å². The summed E-state index contributed by atoms with van der Waals surface area (Å²) >= 11 is 0. The van der Waals surface area contributed by atoms with Crippen molar-refractivity contribution in [2.45, 2.75) is 30.3 Å². The lowest BCUT2D eigenvalue weighted by Crippen LogP contribution is -2.44. The Balaban J connectivity index is 1.37. The zero-order valence-electron chi connectivity index (χ0n) is 30.1. The average Bonchev–Trinajstić information content (AvgIpc) is 3.77. The fourth-order valence-corrected chi connectivity index (χ4v) is 7.00. The number of ether oxygens (including phenoxy) is 5. The molecule has 13 nitrogen and oxygen atoms in total. The third-order valence-corrected chi connectivity index (χ3v) is 9.88. The summed E-state index contributed by atoms with van der Waals surface area (Å²) in [5.74, 6) is 1.11. The molecule has 0 radical (unpaired) electrons. The topological polar surface area (TPSA) is 156 Å². The van der Waals surface area contributed by atoms with Crippen molar-refractivity contribution in [2.75, 3.05) is 39.2 Å². The number of hydrogen-bond donors (Lipinski definition) is 2. The molecule has 1 aliphatic heterocycles. The number of fused-ring (bicyclic) bond motifs is 1. The van der Waals surface area contributed by atoms with Gasteiger partial charge in [0.15, 0.2) is 29.5 Å². The number of methoxy groups -OCH3 is 2. The highest BCUT2D eigenvalue weighted by Gasteiger charge is 2.52. The lowest BCUT2D eigenvalue weighted by molar-refractivity contribution is -0.166. The molecule has 1 aliphatic rings. The molecular formula is C40H40N5O8P. The molecule has 1 amide bonds. The zero-order valence-corrected chi connectivity index (χ0v) is 31.0. The van der Waals surface area contributed by atoms with Gasteiger partial charge in [0.05, 0.1) is 20.5 Å². The van der Waals surface area contributed by atoms with Crippen molar-refractivity contribution >= 4 is 30.0 Å². The standard InChI is InChI=1S/C40H40N5O8P/c1-49-30-19-15-28(16-20-30)40(27-13-9-6-10-14-27,29-17-21-31(50-2)22-18-29)53-34-33(46)39(51-25-54(3,4)48)52-38(34)45-24-43-32-35(41-23-42-36(32)45)44-37(47)26-11-7-5-8-12-26/h5-24,33-34,38-39,46H,25H2,1-4H3,(H,41,42,44,47)/t33?,34-,38+,39-/m0/s1. The largest absolute Gasteiger partial charge is 0.497 e. The smallest absolute Gasteiger partial charge is 0.256 e. The van der Waals surface area contributed by atoms with Crippen molar-refractivity contribution in [3.8, 4) is 11.5 Å². The number of benzene rings is 4. The molecule has 3 heterocycles. The Kier molecular flexibility index (Phi) is 10.6. The summed E-state index contributed by atoms with van der Waals surface area (Å²) in [6, 6.07) is 33.4. The Morgan fingerprint density at radius 3 is 1.98 bits per heavy atom. The number of rotatable bonds is 13. The Morgan fingerprint density at radius 2 is 1.41 bits per heavy atom. The van der Waals surface area contributed by atoms with Crippen molar-refractivity contribution in [3.63, 3.8) is 0 Å². The summed E-state index contributed by atoms with van der Waals surface area (Å²) in [5.41, 5.74) is 1.89. The number of aliphatic hydroxyl groups is 1. The molecule has 54 heavy (non-hydrogen) atoms. The molecule has 1 fully saturated rings. The molecule has 7 rings (SSSR count). The van der Waals surface area contributed by atoms with Crippen LogP contribution in [0.2, 0.25) is 0 Å². The molecule has 1 saturated heterocycles. The van der Waals surface area contributed by atoms with Gasteiger partial charge >= 0.3 is 0 Å². The quantitative estimate of drug-likeness (QED) is 0.101. The van der Waals surface area contributed by atoms with Gasteiger partial charge in [-0.15, -0.1) is 0 Å². The molecule has 2 N–H and O–H groups in total. The van der Waals surface area contributed by atoms with E-state index in [1.54, 1.807) is 56.4 Å². The summed E-state index contributed by atoms with van der Waals surface area (Å²) < 4.78 is 45.2. The number of aliphatic hydroxyl groups excluding tert-OH is 1. The average molecular weight is 750 g/mol. The minimum absolute atomic E-state index is 0.141. The van der Waals surface area contributed by atoms with Crippen LogP contribution in [0.3, 0.4) is 0 Å². The van der Waals surface area contributed by atoms with E-state index in [1.165, 1.54) is 12.7 Å². The molecule has 4 atom stereocenters. The number of anilines is 1. The van der Waals surface area contributed by atoms with Crippen LogP contribution in [-0.2, 0) is 24.4 Å². The summed E-state index contributed by atoms with van der Waals surface area (Å²) in [6.45, 7) is 3.19. The molecule has 4 aromatic carbocycles. The Bertz CT molecular complexity index is 2200. The van der Waals surface area contributed by atoms with Crippen molar-refractivity contribution in [1.29, 1.82) is 0 Å². The van der Waals surface area contributed by atoms with E-state index in [4.69, 9.17) is 23.7 Å². The Labute approximate surface area is 312 Å². The molecule has 2 aromatic heterocycles. The second-order valence-electron chi connectivity index (χ2n) is 13.2. The first-order valence-electron chi connectivity index (χ1n) is 17.2. The van der Waals surface area contributed by atoms with Gasteiger partial charge in [-0.25, -0.2) is 15.0 Å². The number of imidazole rings is 1. The predicted molar refractivity (Wildman–Crippen MR) is 202 cm³/mol. The molecule has 6 aromatic rings. The second-order valence-corrected chi connectivity index (χ2v) is 16.6. The minimum atomic E-state index is -2.69. The fourth-order valence-electron chi connectivity index (χ4n) is 6.49. The van der Waals surface area contributed by atoms with Crippen LogP contribution in [0.1, 0.15) is 33.3 Å². The molecule has 14 heteroatoms. The zero-order chi connectivity index (χ0) is 37.9. The molecule has 278 valence electrons. The predicted octanol–water partition coefficient (Wildman–Crippen LogP) is 6.29.